The molecule has 0 saturated carbocycles. The van der Waals surface area contributed by atoms with Gasteiger partial charge in [-0.25, -0.2) is 0 Å². The average Bonchev–Trinajstić information content (AvgIpc) is 3.60. The Morgan fingerprint density at radius 3 is 1.73 bits per heavy atom. The van der Waals surface area contributed by atoms with E-state index in [1.54, 1.807) is 0 Å². The first-order chi connectivity index (χ1) is 19.8. The fraction of sp³-hybridized carbons (Fsp3) is 0. The summed E-state index contributed by atoms with van der Waals surface area (Å²) in [6.45, 7) is 0. The van der Waals surface area contributed by atoms with Gasteiger partial charge >= 0.3 is 0 Å². The van der Waals surface area contributed by atoms with Gasteiger partial charge in [0.1, 0.15) is 22.7 Å². The van der Waals surface area contributed by atoms with Crippen LogP contribution in [0.1, 0.15) is 0 Å². The maximum atomic E-state index is 6.93. The zero-order valence-corrected chi connectivity index (χ0v) is 21.7. The van der Waals surface area contributed by atoms with Crippen LogP contribution in [0.25, 0.3) is 77.6 Å². The fourth-order valence-corrected chi connectivity index (χ4v) is 5.83. The molecule has 188 valence electrons. The third-order valence-corrected chi connectivity index (χ3v) is 7.71. The second-order valence-corrected chi connectivity index (χ2v) is 10.1. The summed E-state index contributed by atoms with van der Waals surface area (Å²) in [4.78, 5) is 0. The molecule has 0 bridgehead atoms. The van der Waals surface area contributed by atoms with Crippen LogP contribution in [0.2, 0.25) is 0 Å². The predicted molar refractivity (Wildman–Crippen MR) is 165 cm³/mol. The van der Waals surface area contributed by atoms with Crippen LogP contribution in [0.4, 0.5) is 0 Å². The molecule has 2 nitrogen and oxygen atoms in total. The van der Waals surface area contributed by atoms with Crippen molar-refractivity contribution in [3.8, 4) is 44.9 Å². The van der Waals surface area contributed by atoms with Crippen molar-refractivity contribution in [1.82, 2.24) is 0 Å². The molecule has 0 N–H and O–H groups in total. The van der Waals surface area contributed by atoms with Crippen molar-refractivity contribution in [1.29, 1.82) is 0 Å². The minimum Gasteiger partial charge on any atom is -0.455 e. The third-order valence-electron chi connectivity index (χ3n) is 7.71. The van der Waals surface area contributed by atoms with Gasteiger partial charge in [-0.3, -0.25) is 0 Å². The monoisotopic (exact) mass is 512 g/mol. The maximum absolute atomic E-state index is 6.93. The average molecular weight is 513 g/mol. The molecule has 0 radical (unpaired) electrons. The Labute approximate surface area is 231 Å². The number of para-hydroxylation sites is 1. The van der Waals surface area contributed by atoms with Crippen LogP contribution in [-0.4, -0.2) is 0 Å². The molecule has 0 fully saturated rings. The number of hydrogen-bond acceptors (Lipinski definition) is 2. The van der Waals surface area contributed by atoms with E-state index in [2.05, 4.69) is 121 Å². The van der Waals surface area contributed by atoms with Gasteiger partial charge in [0.2, 0.25) is 0 Å². The zero-order valence-electron chi connectivity index (χ0n) is 21.7. The van der Waals surface area contributed by atoms with Gasteiger partial charge in [-0.05, 0) is 40.5 Å². The Morgan fingerprint density at radius 2 is 0.950 bits per heavy atom. The molecule has 0 aliphatic heterocycles. The van der Waals surface area contributed by atoms with E-state index in [1.165, 1.54) is 5.56 Å². The summed E-state index contributed by atoms with van der Waals surface area (Å²) in [7, 11) is 0. The van der Waals surface area contributed by atoms with Crippen LogP contribution in [0.3, 0.4) is 0 Å². The van der Waals surface area contributed by atoms with E-state index in [1.807, 2.05) is 24.3 Å². The van der Waals surface area contributed by atoms with E-state index in [-0.39, 0.29) is 0 Å². The first-order valence-corrected chi connectivity index (χ1v) is 13.5. The normalized spacial score (nSPS) is 11.5. The first-order valence-electron chi connectivity index (χ1n) is 13.5. The lowest BCUT2D eigenvalue weighted by atomic mass is 9.94. The Balaban J connectivity index is 1.43. The predicted octanol–water partition coefficient (Wildman–Crippen LogP) is 11.0. The van der Waals surface area contributed by atoms with Crippen molar-refractivity contribution in [2.24, 2.45) is 0 Å². The van der Waals surface area contributed by atoms with Gasteiger partial charge in [-0.1, -0.05) is 127 Å². The Bertz CT molecular complexity index is 2150. The summed E-state index contributed by atoms with van der Waals surface area (Å²) in [6.07, 6.45) is 0. The van der Waals surface area contributed by atoms with Gasteiger partial charge in [-0.2, -0.15) is 0 Å². The van der Waals surface area contributed by atoms with Crippen molar-refractivity contribution >= 4 is 32.7 Å². The molecular weight excluding hydrogens is 488 g/mol. The van der Waals surface area contributed by atoms with Crippen LogP contribution in [-0.2, 0) is 0 Å². The van der Waals surface area contributed by atoms with Crippen molar-refractivity contribution in [3.05, 3.63) is 146 Å². The lowest BCUT2D eigenvalue weighted by Crippen LogP contribution is -1.86. The standard InChI is InChI=1S/C38H24O2/c1-3-12-25(13-4-1)27-16-11-17-28(24-27)36-31-19-7-8-20-32(31)38(40-36)35-29(26-14-5-2-6-15-26)22-23-33-30-18-9-10-21-34(30)39-37(33)35/h1-24H. The van der Waals surface area contributed by atoms with Gasteiger partial charge in [0.05, 0.1) is 5.56 Å². The number of furan rings is 2. The van der Waals surface area contributed by atoms with Gasteiger partial charge in [0.15, 0.2) is 0 Å². The minimum absolute atomic E-state index is 0.819. The minimum atomic E-state index is 0.819. The van der Waals surface area contributed by atoms with E-state index in [4.69, 9.17) is 8.83 Å². The van der Waals surface area contributed by atoms with Crippen LogP contribution in [0, 0.1) is 0 Å². The SMILES string of the molecule is c1ccc(-c2cccc(-c3oc(-c4c(-c5ccccc5)ccc5c4oc4ccccc45)c4ccccc34)c2)cc1. The van der Waals surface area contributed by atoms with Gasteiger partial charge in [-0.15, -0.1) is 0 Å². The van der Waals surface area contributed by atoms with E-state index >= 15 is 0 Å². The lowest BCUT2D eigenvalue weighted by Gasteiger charge is -2.10. The van der Waals surface area contributed by atoms with Crippen molar-refractivity contribution in [2.75, 3.05) is 0 Å². The highest BCUT2D eigenvalue weighted by Crippen LogP contribution is 2.47. The Morgan fingerprint density at radius 1 is 0.350 bits per heavy atom. The van der Waals surface area contributed by atoms with Crippen LogP contribution in [0.15, 0.2) is 154 Å². The van der Waals surface area contributed by atoms with Gasteiger partial charge in [0, 0.05) is 27.1 Å². The van der Waals surface area contributed by atoms with Crippen molar-refractivity contribution in [2.45, 2.75) is 0 Å². The number of fused-ring (bicyclic) bond motifs is 4. The highest BCUT2D eigenvalue weighted by atomic mass is 16.4. The largest absolute Gasteiger partial charge is 0.455 e. The first kappa shape index (κ1) is 22.6. The molecule has 2 heteroatoms. The topological polar surface area (TPSA) is 26.3 Å². The number of rotatable bonds is 4. The van der Waals surface area contributed by atoms with E-state index in [0.29, 0.717) is 0 Å². The van der Waals surface area contributed by atoms with E-state index in [0.717, 1.165) is 72.0 Å². The molecule has 2 aromatic heterocycles. The second-order valence-electron chi connectivity index (χ2n) is 10.1. The summed E-state index contributed by atoms with van der Waals surface area (Å²) in [5, 5.41) is 4.32. The molecule has 40 heavy (non-hydrogen) atoms. The summed E-state index contributed by atoms with van der Waals surface area (Å²) in [5.41, 5.74) is 8.26. The maximum Gasteiger partial charge on any atom is 0.147 e. The van der Waals surface area contributed by atoms with Crippen LogP contribution >= 0.6 is 0 Å². The zero-order chi connectivity index (χ0) is 26.5. The molecule has 0 aliphatic rings. The molecular formula is C38H24O2. The lowest BCUT2D eigenvalue weighted by molar-refractivity contribution is 0.599. The molecule has 0 spiro atoms. The molecule has 8 rings (SSSR count). The molecule has 8 aromatic rings. The number of hydrogen-bond donors (Lipinski definition) is 0. The van der Waals surface area contributed by atoms with E-state index < -0.39 is 0 Å². The summed E-state index contributed by atoms with van der Waals surface area (Å²) in [6, 6.07) is 50.6. The van der Waals surface area contributed by atoms with Crippen LogP contribution < -0.4 is 0 Å². The van der Waals surface area contributed by atoms with Crippen LogP contribution in [0.5, 0.6) is 0 Å². The molecule has 2 heterocycles. The fourth-order valence-electron chi connectivity index (χ4n) is 5.83. The molecule has 6 aromatic carbocycles. The summed E-state index contributed by atoms with van der Waals surface area (Å²) >= 11 is 0. The Kier molecular flexibility index (Phi) is 5.17. The summed E-state index contributed by atoms with van der Waals surface area (Å²) in [5.74, 6) is 1.68. The molecule has 0 unspecified atom stereocenters. The highest BCUT2D eigenvalue weighted by Gasteiger charge is 2.24. The molecule has 0 saturated heterocycles. The van der Waals surface area contributed by atoms with Gasteiger partial charge < -0.3 is 8.83 Å². The third kappa shape index (κ3) is 3.58. The smallest absolute Gasteiger partial charge is 0.147 e. The quantitative estimate of drug-likeness (QED) is 0.234. The van der Waals surface area contributed by atoms with Crippen molar-refractivity contribution in [3.63, 3.8) is 0 Å². The van der Waals surface area contributed by atoms with E-state index in [9.17, 15) is 0 Å². The Hall–Kier alpha value is -5.34. The van der Waals surface area contributed by atoms with Gasteiger partial charge in [0.25, 0.3) is 0 Å². The molecule has 0 atom stereocenters. The summed E-state index contributed by atoms with van der Waals surface area (Å²) < 4.78 is 13.5. The molecule has 0 aliphatic carbocycles. The highest BCUT2D eigenvalue weighted by molar-refractivity contribution is 6.16. The van der Waals surface area contributed by atoms with Crippen molar-refractivity contribution < 1.29 is 8.83 Å². The number of benzene rings is 6. The second kappa shape index (κ2) is 9.14. The molecule has 0 amide bonds.